The zero-order chi connectivity index (χ0) is 24.7. The van der Waals surface area contributed by atoms with Gasteiger partial charge in [0.2, 0.25) is 9.04 Å². The molecule has 35 heavy (non-hydrogen) atoms. The van der Waals surface area contributed by atoms with Crippen molar-refractivity contribution in [3.8, 4) is 0 Å². The van der Waals surface area contributed by atoms with Gasteiger partial charge in [-0.1, -0.05) is 112 Å². The number of rotatable bonds is 10. The van der Waals surface area contributed by atoms with Crippen LogP contribution in [0.15, 0.2) is 91.0 Å². The van der Waals surface area contributed by atoms with Crippen LogP contribution in [-0.2, 0) is 25.2 Å². The molecule has 0 spiro atoms. The molecule has 0 saturated carbocycles. The molecule has 0 radical (unpaired) electrons. The first-order chi connectivity index (χ1) is 16.9. The Morgan fingerprint density at radius 1 is 0.886 bits per heavy atom. The van der Waals surface area contributed by atoms with E-state index in [-0.39, 0.29) is 18.1 Å². The number of hydrogen-bond acceptors (Lipinski definition) is 5. The van der Waals surface area contributed by atoms with Crippen LogP contribution >= 0.6 is 0 Å². The molecule has 0 aliphatic carbocycles. The van der Waals surface area contributed by atoms with Crippen LogP contribution in [0.25, 0.3) is 0 Å². The molecule has 1 saturated heterocycles. The van der Waals surface area contributed by atoms with E-state index in [9.17, 15) is 5.11 Å². The first-order valence-corrected chi connectivity index (χ1v) is 13.9. The van der Waals surface area contributed by atoms with Gasteiger partial charge in [0.05, 0.1) is 19.8 Å². The molecule has 1 N–H and O–H groups in total. The molecule has 1 aliphatic heterocycles. The molecule has 4 atom stereocenters. The number of hydrogen-bond donors (Lipinski definition) is 1. The van der Waals surface area contributed by atoms with E-state index in [0.29, 0.717) is 13.2 Å². The molecule has 1 fully saturated rings. The van der Waals surface area contributed by atoms with Gasteiger partial charge in [-0.25, -0.2) is 0 Å². The quantitative estimate of drug-likeness (QED) is 0.440. The minimum absolute atomic E-state index is 0.183. The Morgan fingerprint density at radius 3 is 1.97 bits per heavy atom. The highest BCUT2D eigenvalue weighted by Crippen LogP contribution is 2.31. The summed E-state index contributed by atoms with van der Waals surface area (Å²) in [4.78, 5) is 0. The Labute approximate surface area is 210 Å². The summed E-state index contributed by atoms with van der Waals surface area (Å²) in [5.74, 6) is 0. The van der Waals surface area contributed by atoms with Gasteiger partial charge in [0.15, 0.2) is 6.29 Å². The first kappa shape index (κ1) is 25.8. The van der Waals surface area contributed by atoms with E-state index in [0.717, 1.165) is 5.56 Å². The largest absolute Gasteiger partial charge is 0.402 e. The maximum atomic E-state index is 10.7. The summed E-state index contributed by atoms with van der Waals surface area (Å²) >= 11 is 0. The van der Waals surface area contributed by atoms with Crippen LogP contribution in [0, 0.1) is 5.41 Å². The smallest absolute Gasteiger partial charge is 0.240 e. The van der Waals surface area contributed by atoms with E-state index >= 15 is 0 Å². The normalized spacial score (nSPS) is 20.1. The van der Waals surface area contributed by atoms with Crippen molar-refractivity contribution in [3.63, 3.8) is 0 Å². The molecule has 186 valence electrons. The fourth-order valence-corrected chi connectivity index (χ4v) is 6.88. The molecular weight excluding hydrogens is 456 g/mol. The minimum Gasteiger partial charge on any atom is -0.402 e. The van der Waals surface area contributed by atoms with E-state index in [1.807, 2.05) is 42.5 Å². The molecule has 1 heterocycles. The van der Waals surface area contributed by atoms with Crippen molar-refractivity contribution in [3.05, 3.63) is 96.6 Å². The van der Waals surface area contributed by atoms with Crippen molar-refractivity contribution >= 4 is 19.4 Å². The van der Waals surface area contributed by atoms with Gasteiger partial charge in [0, 0.05) is 0 Å². The molecule has 0 aromatic heterocycles. The topological polar surface area (TPSA) is 57.2 Å². The minimum atomic E-state index is -2.01. The highest BCUT2D eigenvalue weighted by atomic mass is 28.3. The summed E-state index contributed by atoms with van der Waals surface area (Å²) in [5, 5.41) is 13.1. The average molecular weight is 493 g/mol. The second kappa shape index (κ2) is 12.1. The standard InChI is InChI=1S/C29H36O5Si/c1-29(2,3)27(34-35(23-15-9-5-10-16-23)24-17-11-6-12-18-24)28-32-21-26(33-28)25(30)20-31-19-22-13-7-4-8-14-22/h4-18,25-28,30,35H,19-21H2,1-3H3/t25?,26-,27?,28-/m1/s1. The van der Waals surface area contributed by atoms with Crippen molar-refractivity contribution < 1.29 is 23.7 Å². The lowest BCUT2D eigenvalue weighted by Gasteiger charge is -2.37. The number of benzene rings is 3. The maximum Gasteiger partial charge on any atom is 0.240 e. The predicted octanol–water partition coefficient (Wildman–Crippen LogP) is 3.28. The van der Waals surface area contributed by atoms with Crippen molar-refractivity contribution in [2.45, 2.75) is 52.0 Å². The molecule has 4 rings (SSSR count). The summed E-state index contributed by atoms with van der Waals surface area (Å²) in [6.07, 6.45) is -2.10. The van der Waals surface area contributed by atoms with E-state index in [2.05, 4.69) is 69.3 Å². The third-order valence-electron chi connectivity index (χ3n) is 6.15. The van der Waals surface area contributed by atoms with Crippen LogP contribution in [0.4, 0.5) is 0 Å². The number of ether oxygens (including phenoxy) is 3. The Hall–Kier alpha value is -2.32. The van der Waals surface area contributed by atoms with Gasteiger partial charge in [-0.05, 0) is 21.4 Å². The van der Waals surface area contributed by atoms with Crippen LogP contribution < -0.4 is 10.4 Å². The molecule has 3 aromatic carbocycles. The van der Waals surface area contributed by atoms with Gasteiger partial charge in [-0.3, -0.25) is 0 Å². The predicted molar refractivity (Wildman–Crippen MR) is 140 cm³/mol. The first-order valence-electron chi connectivity index (χ1n) is 12.2. The lowest BCUT2D eigenvalue weighted by molar-refractivity contribution is -0.164. The molecule has 5 nitrogen and oxygen atoms in total. The van der Waals surface area contributed by atoms with Crippen LogP contribution in [0.5, 0.6) is 0 Å². The maximum absolute atomic E-state index is 10.7. The lowest BCUT2D eigenvalue weighted by Crippen LogP contribution is -2.53. The summed E-state index contributed by atoms with van der Waals surface area (Å²) in [5.41, 5.74) is 0.837. The fraction of sp³-hybridized carbons (Fsp3) is 0.379. The zero-order valence-corrected chi connectivity index (χ0v) is 21.9. The highest BCUT2D eigenvalue weighted by Gasteiger charge is 2.43. The Bertz CT molecular complexity index is 970. The summed E-state index contributed by atoms with van der Waals surface area (Å²) in [6.45, 7) is 7.35. The number of aliphatic hydroxyl groups is 1. The van der Waals surface area contributed by atoms with Crippen LogP contribution in [0.1, 0.15) is 26.3 Å². The van der Waals surface area contributed by atoms with Crippen LogP contribution in [0.2, 0.25) is 0 Å². The highest BCUT2D eigenvalue weighted by molar-refractivity contribution is 6.80. The third-order valence-corrected chi connectivity index (χ3v) is 8.70. The molecule has 2 unspecified atom stereocenters. The van der Waals surface area contributed by atoms with Gasteiger partial charge < -0.3 is 23.7 Å². The third kappa shape index (κ3) is 7.10. The van der Waals surface area contributed by atoms with Gasteiger partial charge >= 0.3 is 0 Å². The van der Waals surface area contributed by atoms with Gasteiger partial charge in [-0.15, -0.1) is 0 Å². The summed E-state index contributed by atoms with van der Waals surface area (Å²) in [7, 11) is -2.01. The molecule has 0 bridgehead atoms. The summed E-state index contributed by atoms with van der Waals surface area (Å²) in [6, 6.07) is 30.7. The average Bonchev–Trinajstić information content (AvgIpc) is 3.35. The van der Waals surface area contributed by atoms with Crippen LogP contribution in [-0.4, -0.2) is 52.0 Å². The molecule has 1 aliphatic rings. The Morgan fingerprint density at radius 2 is 1.43 bits per heavy atom. The SMILES string of the molecule is CC(C)(C)C(O[SiH](c1ccccc1)c1ccccc1)[C@@H]1OC[C@H](C(O)COCc2ccccc2)O1. The Balaban J connectivity index is 1.43. The monoisotopic (exact) mass is 492 g/mol. The fourth-order valence-electron chi connectivity index (χ4n) is 4.21. The Kier molecular flexibility index (Phi) is 8.89. The number of aliphatic hydroxyl groups excluding tert-OH is 1. The van der Waals surface area contributed by atoms with Gasteiger partial charge in [0.1, 0.15) is 18.3 Å². The van der Waals surface area contributed by atoms with E-state index in [1.165, 1.54) is 10.4 Å². The van der Waals surface area contributed by atoms with Gasteiger partial charge in [-0.2, -0.15) is 0 Å². The van der Waals surface area contributed by atoms with Crippen molar-refractivity contribution in [1.29, 1.82) is 0 Å². The van der Waals surface area contributed by atoms with E-state index < -0.39 is 27.5 Å². The summed E-state index contributed by atoms with van der Waals surface area (Å²) < 4.78 is 24.9. The van der Waals surface area contributed by atoms with E-state index in [4.69, 9.17) is 18.6 Å². The van der Waals surface area contributed by atoms with Crippen molar-refractivity contribution in [1.82, 2.24) is 0 Å². The van der Waals surface area contributed by atoms with Crippen molar-refractivity contribution in [2.75, 3.05) is 13.2 Å². The second-order valence-electron chi connectivity index (χ2n) is 10.1. The van der Waals surface area contributed by atoms with E-state index in [1.54, 1.807) is 0 Å². The second-order valence-corrected chi connectivity index (χ2v) is 12.4. The lowest BCUT2D eigenvalue weighted by atomic mass is 9.89. The van der Waals surface area contributed by atoms with Crippen LogP contribution in [0.3, 0.4) is 0 Å². The molecular formula is C29H36O5Si. The van der Waals surface area contributed by atoms with Gasteiger partial charge in [0.25, 0.3) is 0 Å². The molecule has 3 aromatic rings. The zero-order valence-electron chi connectivity index (χ0n) is 20.7. The molecule has 0 amide bonds. The van der Waals surface area contributed by atoms with Crippen molar-refractivity contribution in [2.24, 2.45) is 5.41 Å². The molecule has 6 heteroatoms.